The fourth-order valence-corrected chi connectivity index (χ4v) is 1.70. The number of carbonyl (C=O) groups is 1. The van der Waals surface area contributed by atoms with Crippen LogP contribution in [0.15, 0.2) is 34.7 Å². The number of ether oxygens (including phenoxy) is 1. The Labute approximate surface area is 110 Å². The summed E-state index contributed by atoms with van der Waals surface area (Å²) < 4.78 is 45.9. The molecule has 0 radical (unpaired) electrons. The minimum atomic E-state index is -4.88. The summed E-state index contributed by atoms with van der Waals surface area (Å²) in [7, 11) is 0. The number of rotatable bonds is 3. The molecule has 0 fully saturated rings. The van der Waals surface area contributed by atoms with Gasteiger partial charge in [-0.15, -0.1) is 13.2 Å². The number of furan rings is 1. The summed E-state index contributed by atoms with van der Waals surface area (Å²) in [4.78, 5) is 10.5. The zero-order valence-corrected chi connectivity index (χ0v) is 9.96. The largest absolute Gasteiger partial charge is 0.573 e. The Balaban J connectivity index is 2.50. The molecular formula is C12H6ClF3O3. The van der Waals surface area contributed by atoms with E-state index in [2.05, 4.69) is 4.74 Å². The van der Waals surface area contributed by atoms with Crippen LogP contribution in [0.4, 0.5) is 13.2 Å². The summed E-state index contributed by atoms with van der Waals surface area (Å²) >= 11 is 5.69. The van der Waals surface area contributed by atoms with E-state index >= 15 is 0 Å². The van der Waals surface area contributed by atoms with Gasteiger partial charge in [0, 0.05) is 0 Å². The molecule has 0 bridgehead atoms. The van der Waals surface area contributed by atoms with Crippen molar-refractivity contribution in [3.8, 4) is 17.1 Å². The van der Waals surface area contributed by atoms with Crippen molar-refractivity contribution in [2.24, 2.45) is 0 Å². The van der Waals surface area contributed by atoms with Crippen LogP contribution >= 0.6 is 11.6 Å². The first kappa shape index (κ1) is 13.5. The van der Waals surface area contributed by atoms with Crippen LogP contribution in [0.3, 0.4) is 0 Å². The Hall–Kier alpha value is -1.95. The van der Waals surface area contributed by atoms with Gasteiger partial charge in [-0.25, -0.2) is 0 Å². The molecule has 100 valence electrons. The number of hydrogen-bond acceptors (Lipinski definition) is 3. The van der Waals surface area contributed by atoms with Crippen LogP contribution < -0.4 is 4.74 Å². The summed E-state index contributed by atoms with van der Waals surface area (Å²) in [5.41, 5.74) is 0.0120. The molecule has 0 N–H and O–H groups in total. The van der Waals surface area contributed by atoms with E-state index < -0.39 is 12.1 Å². The molecule has 0 amide bonds. The van der Waals surface area contributed by atoms with Gasteiger partial charge in [-0.1, -0.05) is 17.7 Å². The number of benzene rings is 1. The standard InChI is InChI=1S/C12H6ClF3O3/c13-9-3-1-2-8(11(9)19-12(14,15)16)10-5-4-7(6-17)18-10/h1-6H. The van der Waals surface area contributed by atoms with Gasteiger partial charge in [-0.05, 0) is 24.3 Å². The first-order chi connectivity index (χ1) is 8.90. The zero-order chi connectivity index (χ0) is 14.0. The lowest BCUT2D eigenvalue weighted by atomic mass is 10.1. The topological polar surface area (TPSA) is 39.4 Å². The van der Waals surface area contributed by atoms with E-state index in [0.29, 0.717) is 6.29 Å². The van der Waals surface area contributed by atoms with E-state index in [0.717, 1.165) is 0 Å². The van der Waals surface area contributed by atoms with Crippen molar-refractivity contribution in [1.29, 1.82) is 0 Å². The highest BCUT2D eigenvalue weighted by Crippen LogP contribution is 2.39. The van der Waals surface area contributed by atoms with Gasteiger partial charge < -0.3 is 9.15 Å². The Bertz CT molecular complexity index is 605. The van der Waals surface area contributed by atoms with Crippen LogP contribution in [-0.2, 0) is 0 Å². The van der Waals surface area contributed by atoms with Crippen LogP contribution in [0.2, 0.25) is 5.02 Å². The van der Waals surface area contributed by atoms with Crippen LogP contribution in [0, 0.1) is 0 Å². The monoisotopic (exact) mass is 290 g/mol. The number of halogens is 4. The molecule has 0 unspecified atom stereocenters. The van der Waals surface area contributed by atoms with E-state index in [1.165, 1.54) is 30.3 Å². The maximum atomic E-state index is 12.3. The van der Waals surface area contributed by atoms with Gasteiger partial charge in [0.25, 0.3) is 0 Å². The Morgan fingerprint density at radius 3 is 2.53 bits per heavy atom. The molecule has 2 aromatic rings. The lowest BCUT2D eigenvalue weighted by molar-refractivity contribution is -0.274. The van der Waals surface area contributed by atoms with E-state index in [9.17, 15) is 18.0 Å². The van der Waals surface area contributed by atoms with Gasteiger partial charge in [0.05, 0.1) is 10.6 Å². The molecule has 0 atom stereocenters. The second kappa shape index (κ2) is 4.97. The Kier molecular flexibility index (Phi) is 3.53. The molecule has 1 heterocycles. The predicted molar refractivity (Wildman–Crippen MR) is 61.2 cm³/mol. The normalized spacial score (nSPS) is 11.4. The SMILES string of the molecule is O=Cc1ccc(-c2cccc(Cl)c2OC(F)(F)F)o1. The second-order valence-electron chi connectivity index (χ2n) is 3.48. The van der Waals surface area contributed by atoms with Crippen LogP contribution in [0.1, 0.15) is 10.6 Å². The van der Waals surface area contributed by atoms with Crippen molar-refractivity contribution in [2.45, 2.75) is 6.36 Å². The van der Waals surface area contributed by atoms with Crippen molar-refractivity contribution in [1.82, 2.24) is 0 Å². The van der Waals surface area contributed by atoms with Gasteiger partial charge in [-0.2, -0.15) is 0 Å². The fourth-order valence-electron chi connectivity index (χ4n) is 1.48. The summed E-state index contributed by atoms with van der Waals surface area (Å²) in [5, 5.41) is -0.209. The molecule has 3 nitrogen and oxygen atoms in total. The average molecular weight is 291 g/mol. The zero-order valence-electron chi connectivity index (χ0n) is 9.20. The predicted octanol–water partition coefficient (Wildman–Crippen LogP) is 4.31. The molecule has 0 aliphatic carbocycles. The summed E-state index contributed by atoms with van der Waals surface area (Å²) in [6, 6.07) is 6.75. The van der Waals surface area contributed by atoms with Crippen molar-refractivity contribution < 1.29 is 27.1 Å². The summed E-state index contributed by atoms with van der Waals surface area (Å²) in [6.45, 7) is 0. The number of carbonyl (C=O) groups excluding carboxylic acids is 1. The van der Waals surface area contributed by atoms with Crippen LogP contribution in [-0.4, -0.2) is 12.6 Å². The summed E-state index contributed by atoms with van der Waals surface area (Å²) in [5.74, 6) is -0.514. The van der Waals surface area contributed by atoms with Crippen LogP contribution in [0.5, 0.6) is 5.75 Å². The maximum Gasteiger partial charge on any atom is 0.573 e. The molecule has 1 aromatic carbocycles. The van der Waals surface area contributed by atoms with E-state index in [1.54, 1.807) is 0 Å². The lowest BCUT2D eigenvalue weighted by Crippen LogP contribution is -2.17. The van der Waals surface area contributed by atoms with Crippen LogP contribution in [0.25, 0.3) is 11.3 Å². The molecule has 1 aromatic heterocycles. The van der Waals surface area contributed by atoms with E-state index in [1.807, 2.05) is 0 Å². The second-order valence-corrected chi connectivity index (χ2v) is 3.89. The molecule has 0 saturated carbocycles. The fraction of sp³-hybridized carbons (Fsp3) is 0.0833. The highest BCUT2D eigenvalue weighted by atomic mass is 35.5. The molecule has 2 rings (SSSR count). The van der Waals surface area contributed by atoms with Gasteiger partial charge in [0.2, 0.25) is 0 Å². The van der Waals surface area contributed by atoms with Gasteiger partial charge in [0.1, 0.15) is 5.76 Å². The van der Waals surface area contributed by atoms with Gasteiger partial charge >= 0.3 is 6.36 Å². The third-order valence-corrected chi connectivity index (χ3v) is 2.49. The first-order valence-corrected chi connectivity index (χ1v) is 5.38. The quantitative estimate of drug-likeness (QED) is 0.791. The highest BCUT2D eigenvalue weighted by molar-refractivity contribution is 6.32. The molecule has 19 heavy (non-hydrogen) atoms. The minimum Gasteiger partial charge on any atom is -0.453 e. The van der Waals surface area contributed by atoms with Crippen molar-refractivity contribution in [3.05, 3.63) is 41.1 Å². The van der Waals surface area contributed by atoms with Gasteiger partial charge in [-0.3, -0.25) is 4.79 Å². The highest BCUT2D eigenvalue weighted by Gasteiger charge is 2.33. The molecule has 0 spiro atoms. The average Bonchev–Trinajstić information content (AvgIpc) is 2.78. The van der Waals surface area contributed by atoms with Crippen molar-refractivity contribution in [2.75, 3.05) is 0 Å². The third-order valence-electron chi connectivity index (χ3n) is 2.19. The van der Waals surface area contributed by atoms with E-state index in [4.69, 9.17) is 16.0 Å². The molecule has 0 aliphatic rings. The summed E-state index contributed by atoms with van der Waals surface area (Å²) in [6.07, 6.45) is -4.43. The van der Waals surface area contributed by atoms with Gasteiger partial charge in [0.15, 0.2) is 17.8 Å². The minimum absolute atomic E-state index is 0.00654. The van der Waals surface area contributed by atoms with E-state index in [-0.39, 0.29) is 22.1 Å². The number of hydrogen-bond donors (Lipinski definition) is 0. The molecular weight excluding hydrogens is 285 g/mol. The van der Waals surface area contributed by atoms with Crippen molar-refractivity contribution in [3.63, 3.8) is 0 Å². The number of alkyl halides is 3. The molecule has 0 saturated heterocycles. The number of aldehydes is 1. The molecule has 7 heteroatoms. The van der Waals surface area contributed by atoms with Crippen molar-refractivity contribution >= 4 is 17.9 Å². The maximum absolute atomic E-state index is 12.3. The number of para-hydroxylation sites is 1. The first-order valence-electron chi connectivity index (χ1n) is 5.00. The Morgan fingerprint density at radius 2 is 1.95 bits per heavy atom. The third kappa shape index (κ3) is 3.08. The molecule has 0 aliphatic heterocycles. The Morgan fingerprint density at radius 1 is 1.21 bits per heavy atom. The smallest absolute Gasteiger partial charge is 0.453 e. The lowest BCUT2D eigenvalue weighted by Gasteiger charge is -2.13.